The number of carbonyl (C=O) groups excluding carboxylic acids is 2. The third-order valence-corrected chi connectivity index (χ3v) is 8.54. The number of benzene rings is 2. The van der Waals surface area contributed by atoms with Gasteiger partial charge in [-0.2, -0.15) is 5.26 Å². The zero-order valence-electron chi connectivity index (χ0n) is 22.9. The fourth-order valence-corrected chi connectivity index (χ4v) is 6.05. The molecule has 9 heteroatoms. The van der Waals surface area contributed by atoms with Crippen LogP contribution in [0.5, 0.6) is 5.75 Å². The minimum atomic E-state index is -0.618. The van der Waals surface area contributed by atoms with Crippen LogP contribution in [0.1, 0.15) is 40.2 Å². The highest BCUT2D eigenvalue weighted by atomic mass is 32.2. The van der Waals surface area contributed by atoms with Gasteiger partial charge in [-0.05, 0) is 57.0 Å². The number of thioether (sulfide) groups is 1. The number of rotatable bonds is 9. The van der Waals surface area contributed by atoms with Crippen LogP contribution < -0.4 is 10.1 Å². The highest BCUT2D eigenvalue weighted by Crippen LogP contribution is 2.37. The Bertz CT molecular complexity index is 1580. The first kappa shape index (κ1) is 28.9. The predicted molar refractivity (Wildman–Crippen MR) is 160 cm³/mol. The first-order valence-electron chi connectivity index (χ1n) is 12.7. The Morgan fingerprint density at radius 3 is 2.42 bits per heavy atom. The monoisotopic (exact) mass is 571 g/mol. The molecule has 2 heterocycles. The highest BCUT2D eigenvalue weighted by Gasteiger charge is 2.26. The number of nitrogens with zero attached hydrogens (tertiary/aromatic N) is 2. The van der Waals surface area contributed by atoms with Gasteiger partial charge in [0.25, 0.3) is 0 Å². The molecule has 40 heavy (non-hydrogen) atoms. The van der Waals surface area contributed by atoms with Crippen molar-refractivity contribution in [2.24, 2.45) is 0 Å². The van der Waals surface area contributed by atoms with Gasteiger partial charge in [-0.3, -0.25) is 4.79 Å². The molecule has 0 aliphatic rings. The zero-order chi connectivity index (χ0) is 28.8. The van der Waals surface area contributed by atoms with E-state index in [0.717, 1.165) is 21.6 Å². The topological polar surface area (TPSA) is 101 Å². The number of esters is 1. The number of thiophene rings is 1. The first-order chi connectivity index (χ1) is 19.3. The smallest absolute Gasteiger partial charge is 0.341 e. The molecule has 4 rings (SSSR count). The Morgan fingerprint density at radius 2 is 1.80 bits per heavy atom. The lowest BCUT2D eigenvalue weighted by Crippen LogP contribution is -2.23. The minimum Gasteiger partial charge on any atom is -0.497 e. The van der Waals surface area contributed by atoms with Gasteiger partial charge in [-0.25, -0.2) is 9.78 Å². The van der Waals surface area contributed by atoms with Crippen molar-refractivity contribution in [3.05, 3.63) is 82.2 Å². The summed E-state index contributed by atoms with van der Waals surface area (Å²) in [5.41, 5.74) is 4.66. The number of amides is 1. The van der Waals surface area contributed by atoms with E-state index in [4.69, 9.17) is 14.5 Å². The second kappa shape index (κ2) is 12.8. The molecule has 0 spiro atoms. The molecule has 2 aromatic heterocycles. The van der Waals surface area contributed by atoms with Crippen molar-refractivity contribution in [1.29, 1.82) is 5.26 Å². The van der Waals surface area contributed by atoms with Crippen LogP contribution in [-0.4, -0.2) is 35.8 Å². The lowest BCUT2D eigenvalue weighted by atomic mass is 9.99. The van der Waals surface area contributed by atoms with Crippen molar-refractivity contribution in [3.63, 3.8) is 0 Å². The summed E-state index contributed by atoms with van der Waals surface area (Å²) in [6.45, 7) is 7.47. The van der Waals surface area contributed by atoms with Gasteiger partial charge < -0.3 is 14.8 Å². The molecule has 1 amide bonds. The standard InChI is InChI=1S/C31H29N3O4S2/c1-6-38-31(36)27-18(2)19(3)39-30(27)34-28(35)20(4)40-29-25(17-32)24(21-12-14-23(37-5)15-13-21)16-26(33-29)22-10-8-7-9-11-22/h7-16,20H,6H2,1-5H3,(H,34,35). The molecule has 0 fully saturated rings. The van der Waals surface area contributed by atoms with Crippen LogP contribution in [0, 0.1) is 25.2 Å². The molecule has 7 nitrogen and oxygen atoms in total. The molecule has 0 saturated heterocycles. The number of aryl methyl sites for hydroxylation is 1. The molecule has 0 aliphatic heterocycles. The predicted octanol–water partition coefficient (Wildman–Crippen LogP) is 7.27. The molecule has 0 radical (unpaired) electrons. The number of methoxy groups -OCH3 is 1. The molecule has 0 aliphatic carbocycles. The number of carbonyl (C=O) groups is 2. The summed E-state index contributed by atoms with van der Waals surface area (Å²) in [6, 6.07) is 21.4. The summed E-state index contributed by atoms with van der Waals surface area (Å²) in [5.74, 6) is -0.0626. The minimum absolute atomic E-state index is 0.240. The van der Waals surface area contributed by atoms with E-state index >= 15 is 0 Å². The number of nitrogens with one attached hydrogen (secondary N) is 1. The van der Waals surface area contributed by atoms with Gasteiger partial charge in [-0.1, -0.05) is 54.2 Å². The number of ether oxygens (including phenoxy) is 2. The fourth-order valence-electron chi connectivity index (χ4n) is 4.07. The van der Waals surface area contributed by atoms with Crippen molar-refractivity contribution >= 4 is 40.0 Å². The van der Waals surface area contributed by atoms with E-state index in [2.05, 4.69) is 11.4 Å². The van der Waals surface area contributed by atoms with E-state index < -0.39 is 11.2 Å². The summed E-state index contributed by atoms with van der Waals surface area (Å²) in [6.07, 6.45) is 0. The fraction of sp³-hybridized carbons (Fsp3) is 0.226. The van der Waals surface area contributed by atoms with Crippen LogP contribution in [0.25, 0.3) is 22.4 Å². The number of hydrogen-bond donors (Lipinski definition) is 1. The molecule has 0 bridgehead atoms. The molecule has 204 valence electrons. The number of aromatic nitrogens is 1. The largest absolute Gasteiger partial charge is 0.497 e. The molecule has 2 aromatic carbocycles. The normalized spacial score (nSPS) is 11.4. The van der Waals surface area contributed by atoms with E-state index in [0.29, 0.717) is 38.2 Å². The number of nitriles is 1. The maximum absolute atomic E-state index is 13.3. The third kappa shape index (κ3) is 6.19. The van der Waals surface area contributed by atoms with Gasteiger partial charge in [-0.15, -0.1) is 11.3 Å². The quantitative estimate of drug-likeness (QED) is 0.166. The maximum Gasteiger partial charge on any atom is 0.341 e. The SMILES string of the molecule is CCOC(=O)c1c(NC(=O)C(C)Sc2nc(-c3ccccc3)cc(-c3ccc(OC)cc3)c2C#N)sc(C)c1C. The molecule has 1 atom stereocenters. The lowest BCUT2D eigenvalue weighted by molar-refractivity contribution is -0.115. The summed E-state index contributed by atoms with van der Waals surface area (Å²) < 4.78 is 10.5. The molecular formula is C31H29N3O4S2. The van der Waals surface area contributed by atoms with Crippen LogP contribution in [0.15, 0.2) is 65.7 Å². The highest BCUT2D eigenvalue weighted by molar-refractivity contribution is 8.00. The molecule has 0 saturated carbocycles. The van der Waals surface area contributed by atoms with E-state index in [1.54, 1.807) is 21.0 Å². The second-order valence-electron chi connectivity index (χ2n) is 8.90. The van der Waals surface area contributed by atoms with Crippen LogP contribution in [0.2, 0.25) is 0 Å². The van der Waals surface area contributed by atoms with Gasteiger partial charge in [0.1, 0.15) is 21.8 Å². The lowest BCUT2D eigenvalue weighted by Gasteiger charge is -2.16. The van der Waals surface area contributed by atoms with Crippen molar-refractivity contribution in [3.8, 4) is 34.2 Å². The van der Waals surface area contributed by atoms with Crippen molar-refractivity contribution in [2.45, 2.75) is 38.0 Å². The number of hydrogen-bond acceptors (Lipinski definition) is 8. The molecule has 4 aromatic rings. The average Bonchev–Trinajstić information content (AvgIpc) is 3.25. The van der Waals surface area contributed by atoms with Crippen LogP contribution in [0.3, 0.4) is 0 Å². The Kier molecular flexibility index (Phi) is 9.25. The average molecular weight is 572 g/mol. The Balaban J connectivity index is 1.71. The Labute approximate surface area is 242 Å². The zero-order valence-corrected chi connectivity index (χ0v) is 24.5. The summed E-state index contributed by atoms with van der Waals surface area (Å²) >= 11 is 2.54. The molecular weight excluding hydrogens is 542 g/mol. The van der Waals surface area contributed by atoms with E-state index in [1.165, 1.54) is 23.1 Å². The van der Waals surface area contributed by atoms with Gasteiger partial charge in [0.05, 0.1) is 35.8 Å². The van der Waals surface area contributed by atoms with E-state index in [1.807, 2.05) is 74.5 Å². The second-order valence-corrected chi connectivity index (χ2v) is 11.5. The summed E-state index contributed by atoms with van der Waals surface area (Å²) in [7, 11) is 1.60. The van der Waals surface area contributed by atoms with Gasteiger partial charge in [0, 0.05) is 16.0 Å². The first-order valence-corrected chi connectivity index (χ1v) is 14.4. The van der Waals surface area contributed by atoms with Crippen LogP contribution in [-0.2, 0) is 9.53 Å². The van der Waals surface area contributed by atoms with Gasteiger partial charge in [0.2, 0.25) is 5.91 Å². The number of pyridine rings is 1. The van der Waals surface area contributed by atoms with Crippen LogP contribution >= 0.6 is 23.1 Å². The van der Waals surface area contributed by atoms with E-state index in [9.17, 15) is 14.9 Å². The Hall–Kier alpha value is -4.13. The Morgan fingerprint density at radius 1 is 1.10 bits per heavy atom. The van der Waals surface area contributed by atoms with Crippen molar-refractivity contribution in [2.75, 3.05) is 19.0 Å². The van der Waals surface area contributed by atoms with Crippen molar-refractivity contribution < 1.29 is 19.1 Å². The van der Waals surface area contributed by atoms with Crippen LogP contribution in [0.4, 0.5) is 5.00 Å². The number of anilines is 1. The molecule has 1 unspecified atom stereocenters. The van der Waals surface area contributed by atoms with Crippen molar-refractivity contribution in [1.82, 2.24) is 4.98 Å². The molecule has 1 N–H and O–H groups in total. The maximum atomic E-state index is 13.3. The van der Waals surface area contributed by atoms with E-state index in [-0.39, 0.29) is 12.5 Å². The van der Waals surface area contributed by atoms with Gasteiger partial charge >= 0.3 is 5.97 Å². The summed E-state index contributed by atoms with van der Waals surface area (Å²) in [4.78, 5) is 31.7. The van der Waals surface area contributed by atoms with Gasteiger partial charge in [0.15, 0.2) is 0 Å². The third-order valence-electron chi connectivity index (χ3n) is 6.33. The summed E-state index contributed by atoms with van der Waals surface area (Å²) in [5, 5.41) is 13.4.